The van der Waals surface area contributed by atoms with E-state index in [4.69, 9.17) is 9.40 Å². The van der Waals surface area contributed by atoms with Crippen LogP contribution in [0.5, 0.6) is 0 Å². The van der Waals surface area contributed by atoms with Crippen LogP contribution < -0.4 is 4.90 Å². The summed E-state index contributed by atoms with van der Waals surface area (Å²) in [6.07, 6.45) is 0. The van der Waals surface area contributed by atoms with E-state index in [2.05, 4.69) is 163 Å². The molecule has 236 valence electrons. The van der Waals surface area contributed by atoms with Crippen molar-refractivity contribution in [2.45, 2.75) is 0 Å². The molecule has 0 N–H and O–H groups in total. The van der Waals surface area contributed by atoms with Gasteiger partial charge in [-0.15, -0.1) is 0 Å². The second-order valence-electron chi connectivity index (χ2n) is 12.4. The molecule has 1 aromatic heterocycles. The summed E-state index contributed by atoms with van der Waals surface area (Å²) in [4.78, 5) is 7.12. The monoisotopic (exact) mass is 640 g/mol. The van der Waals surface area contributed by atoms with E-state index in [1.54, 1.807) is 0 Å². The molecule has 8 aromatic carbocycles. The second-order valence-corrected chi connectivity index (χ2v) is 12.4. The lowest BCUT2D eigenvalue weighted by molar-refractivity contribution is 0.623. The third-order valence-corrected chi connectivity index (χ3v) is 9.31. The van der Waals surface area contributed by atoms with Crippen molar-refractivity contribution in [2.75, 3.05) is 4.90 Å². The summed E-state index contributed by atoms with van der Waals surface area (Å²) in [7, 11) is 0. The molecule has 0 radical (unpaired) electrons. The molecule has 0 unspecified atom stereocenters. The van der Waals surface area contributed by atoms with Crippen molar-refractivity contribution in [1.82, 2.24) is 4.98 Å². The fourth-order valence-electron chi connectivity index (χ4n) is 6.79. The number of anilines is 3. The molecule has 0 atom stereocenters. The van der Waals surface area contributed by atoms with Gasteiger partial charge in [0.15, 0.2) is 5.58 Å². The summed E-state index contributed by atoms with van der Waals surface area (Å²) in [6.45, 7) is 0. The van der Waals surface area contributed by atoms with Crippen LogP contribution in [-0.2, 0) is 0 Å². The predicted octanol–water partition coefficient (Wildman–Crippen LogP) is 13.1. The summed E-state index contributed by atoms with van der Waals surface area (Å²) >= 11 is 0. The Morgan fingerprint density at radius 3 is 1.58 bits per heavy atom. The smallest absolute Gasteiger partial charge is 0.227 e. The van der Waals surface area contributed by atoms with E-state index in [1.165, 1.54) is 22.3 Å². The molecule has 0 aliphatic heterocycles. The minimum Gasteiger partial charge on any atom is -0.435 e. The fourth-order valence-corrected chi connectivity index (χ4v) is 6.79. The first-order valence-corrected chi connectivity index (χ1v) is 16.9. The van der Waals surface area contributed by atoms with Crippen LogP contribution in [0.15, 0.2) is 199 Å². The minimum atomic E-state index is 0.640. The highest BCUT2D eigenvalue weighted by molar-refractivity contribution is 6.05. The van der Waals surface area contributed by atoms with E-state index < -0.39 is 0 Å². The number of fused-ring (bicyclic) bond motifs is 3. The predicted molar refractivity (Wildman–Crippen MR) is 208 cm³/mol. The molecule has 0 aliphatic rings. The van der Waals surface area contributed by atoms with Crippen LogP contribution in [0.4, 0.5) is 17.1 Å². The number of para-hydroxylation sites is 1. The zero-order chi connectivity index (χ0) is 33.3. The van der Waals surface area contributed by atoms with Gasteiger partial charge in [-0.3, -0.25) is 0 Å². The molecule has 9 rings (SSSR count). The molecule has 0 spiro atoms. The first-order chi connectivity index (χ1) is 24.8. The molecule has 0 amide bonds. The molecule has 9 aromatic rings. The van der Waals surface area contributed by atoms with Crippen molar-refractivity contribution < 1.29 is 4.42 Å². The molecule has 0 bridgehead atoms. The van der Waals surface area contributed by atoms with Crippen molar-refractivity contribution in [3.8, 4) is 44.8 Å². The Morgan fingerprint density at radius 2 is 0.920 bits per heavy atom. The van der Waals surface area contributed by atoms with Gasteiger partial charge in [-0.25, -0.2) is 4.98 Å². The zero-order valence-corrected chi connectivity index (χ0v) is 27.3. The Bertz CT molecular complexity index is 2560. The van der Waals surface area contributed by atoms with Crippen LogP contribution in [-0.4, -0.2) is 4.98 Å². The van der Waals surface area contributed by atoms with E-state index in [9.17, 15) is 0 Å². The first kappa shape index (κ1) is 29.4. The van der Waals surface area contributed by atoms with E-state index >= 15 is 0 Å². The SMILES string of the molecule is c1ccc(-c2ccc(N(c3ccc(-c4ccc5c(ccc6nc(-c7ccccc7)oc65)c4)cc3)c3ccccc3-c3ccccc3)cc2)cc1. The first-order valence-electron chi connectivity index (χ1n) is 16.9. The maximum atomic E-state index is 6.30. The van der Waals surface area contributed by atoms with E-state index in [1.807, 2.05) is 36.4 Å². The van der Waals surface area contributed by atoms with E-state index in [0.29, 0.717) is 5.89 Å². The summed E-state index contributed by atoms with van der Waals surface area (Å²) < 4.78 is 6.30. The van der Waals surface area contributed by atoms with Crippen LogP contribution in [0.3, 0.4) is 0 Å². The third-order valence-electron chi connectivity index (χ3n) is 9.31. The normalized spacial score (nSPS) is 11.2. The topological polar surface area (TPSA) is 29.3 Å². The Balaban J connectivity index is 1.10. The summed E-state index contributed by atoms with van der Waals surface area (Å²) in [5.41, 5.74) is 13.0. The number of hydrogen-bond acceptors (Lipinski definition) is 3. The van der Waals surface area contributed by atoms with Gasteiger partial charge in [0.2, 0.25) is 5.89 Å². The van der Waals surface area contributed by atoms with Gasteiger partial charge >= 0.3 is 0 Å². The van der Waals surface area contributed by atoms with Gasteiger partial charge in [-0.05, 0) is 93.9 Å². The van der Waals surface area contributed by atoms with E-state index in [0.717, 1.165) is 55.6 Å². The van der Waals surface area contributed by atoms with Gasteiger partial charge in [0, 0.05) is 27.9 Å². The summed E-state index contributed by atoms with van der Waals surface area (Å²) in [6, 6.07) is 68.3. The second kappa shape index (κ2) is 12.7. The van der Waals surface area contributed by atoms with Crippen molar-refractivity contribution in [3.05, 3.63) is 194 Å². The van der Waals surface area contributed by atoms with E-state index in [-0.39, 0.29) is 0 Å². The molecule has 3 heteroatoms. The average molecular weight is 641 g/mol. The molecule has 50 heavy (non-hydrogen) atoms. The molecule has 0 saturated heterocycles. The maximum absolute atomic E-state index is 6.30. The van der Waals surface area contributed by atoms with Gasteiger partial charge in [-0.2, -0.15) is 0 Å². The van der Waals surface area contributed by atoms with Crippen molar-refractivity contribution >= 4 is 38.9 Å². The van der Waals surface area contributed by atoms with Crippen molar-refractivity contribution in [2.24, 2.45) is 0 Å². The molecule has 1 heterocycles. The molecule has 3 nitrogen and oxygen atoms in total. The Hall–Kier alpha value is -6.71. The number of benzene rings is 8. The summed E-state index contributed by atoms with van der Waals surface area (Å²) in [5.74, 6) is 0.640. The summed E-state index contributed by atoms with van der Waals surface area (Å²) in [5, 5.41) is 2.17. The Kier molecular flexibility index (Phi) is 7.49. The number of aromatic nitrogens is 1. The Morgan fingerprint density at radius 1 is 0.400 bits per heavy atom. The number of nitrogens with zero attached hydrogens (tertiary/aromatic N) is 2. The molecule has 0 aliphatic carbocycles. The fraction of sp³-hybridized carbons (Fsp3) is 0. The van der Waals surface area contributed by atoms with Crippen LogP contribution in [0.25, 0.3) is 66.7 Å². The number of oxazole rings is 1. The lowest BCUT2D eigenvalue weighted by Crippen LogP contribution is -2.11. The highest BCUT2D eigenvalue weighted by Crippen LogP contribution is 2.42. The largest absolute Gasteiger partial charge is 0.435 e. The van der Waals surface area contributed by atoms with Gasteiger partial charge in [0.1, 0.15) is 5.52 Å². The molecular formula is C47H32N2O. The Labute approximate surface area is 291 Å². The number of hydrogen-bond donors (Lipinski definition) is 0. The molecular weight excluding hydrogens is 609 g/mol. The standard InChI is InChI=1S/C47H32N2O/c1-4-12-33(13-5-1)34-20-26-40(27-21-34)49(45-19-11-10-18-42(45)36-14-6-2-7-15-36)41-28-22-35(23-29-41)38-24-30-43-39(32-38)25-31-44-46(43)50-47(48-44)37-16-8-3-9-17-37/h1-32H. The van der Waals surface area contributed by atoms with Gasteiger partial charge in [-0.1, -0.05) is 133 Å². The third kappa shape index (κ3) is 5.51. The van der Waals surface area contributed by atoms with Gasteiger partial charge in [0.05, 0.1) is 5.69 Å². The molecule has 0 saturated carbocycles. The van der Waals surface area contributed by atoms with Crippen molar-refractivity contribution in [1.29, 1.82) is 0 Å². The van der Waals surface area contributed by atoms with Crippen LogP contribution in [0.1, 0.15) is 0 Å². The number of rotatable bonds is 7. The zero-order valence-electron chi connectivity index (χ0n) is 27.3. The van der Waals surface area contributed by atoms with Crippen LogP contribution >= 0.6 is 0 Å². The minimum absolute atomic E-state index is 0.640. The van der Waals surface area contributed by atoms with Crippen LogP contribution in [0, 0.1) is 0 Å². The highest BCUT2D eigenvalue weighted by Gasteiger charge is 2.18. The average Bonchev–Trinajstić information content (AvgIpc) is 3.65. The van der Waals surface area contributed by atoms with Crippen LogP contribution in [0.2, 0.25) is 0 Å². The van der Waals surface area contributed by atoms with Gasteiger partial charge in [0.25, 0.3) is 0 Å². The maximum Gasteiger partial charge on any atom is 0.227 e. The quantitative estimate of drug-likeness (QED) is 0.174. The lowest BCUT2D eigenvalue weighted by Gasteiger charge is -2.28. The highest BCUT2D eigenvalue weighted by atomic mass is 16.3. The van der Waals surface area contributed by atoms with Crippen molar-refractivity contribution in [3.63, 3.8) is 0 Å². The molecule has 0 fully saturated rings. The lowest BCUT2D eigenvalue weighted by atomic mass is 9.99. The van der Waals surface area contributed by atoms with Gasteiger partial charge < -0.3 is 9.32 Å².